The maximum absolute atomic E-state index is 12.8. The topological polar surface area (TPSA) is 153 Å². The van der Waals surface area contributed by atoms with E-state index in [-0.39, 0.29) is 43.4 Å². The Labute approximate surface area is 229 Å². The number of benzene rings is 2. The van der Waals surface area contributed by atoms with E-state index in [0.29, 0.717) is 34.3 Å². The molecule has 0 fully saturated rings. The van der Waals surface area contributed by atoms with Gasteiger partial charge in [0.25, 0.3) is 5.56 Å². The number of methoxy groups -OCH3 is 2. The van der Waals surface area contributed by atoms with E-state index in [1.54, 1.807) is 34.9 Å². The summed E-state index contributed by atoms with van der Waals surface area (Å²) in [4.78, 5) is 35.4. The standard InChI is InChI=1S/C25H27ClN5O7P/c1-34-20-7-6-17(11-21(20)35-2)19(32)13-38-39(37-12-16-4-3-5-18(26)10-16)15-36-9-8-31-14-28-22-23(31)29-25(27)30-24(22)33/h3-7,10-11,14H,8-9,12-13,15H2,1-2H3,(H3,27,29,30,33). The number of hydrogen-bond acceptors (Lipinski definition) is 10. The molecule has 2 heterocycles. The predicted octanol–water partition coefficient (Wildman–Crippen LogP) is 3.77. The molecule has 4 aromatic rings. The van der Waals surface area contributed by atoms with E-state index in [1.807, 2.05) is 12.1 Å². The van der Waals surface area contributed by atoms with Crippen LogP contribution in [0, 0.1) is 0 Å². The van der Waals surface area contributed by atoms with Gasteiger partial charge in [0.05, 0.1) is 33.8 Å². The quantitative estimate of drug-likeness (QED) is 0.129. The van der Waals surface area contributed by atoms with E-state index in [4.69, 9.17) is 40.6 Å². The highest BCUT2D eigenvalue weighted by molar-refractivity contribution is 7.47. The van der Waals surface area contributed by atoms with Crippen LogP contribution < -0.4 is 20.8 Å². The number of aromatic amines is 1. The Hall–Kier alpha value is -3.54. The van der Waals surface area contributed by atoms with Gasteiger partial charge < -0.3 is 33.6 Å². The van der Waals surface area contributed by atoms with Crippen molar-refractivity contribution in [3.05, 3.63) is 75.3 Å². The number of nitrogens with one attached hydrogen (secondary N) is 1. The van der Waals surface area contributed by atoms with Crippen LogP contribution in [0.25, 0.3) is 11.2 Å². The molecule has 1 atom stereocenters. The van der Waals surface area contributed by atoms with Crippen LogP contribution in [0.3, 0.4) is 0 Å². The van der Waals surface area contributed by atoms with Crippen molar-refractivity contribution in [1.82, 2.24) is 19.5 Å². The third-order valence-corrected chi connectivity index (χ3v) is 6.94. The Morgan fingerprint density at radius 1 is 1.13 bits per heavy atom. The summed E-state index contributed by atoms with van der Waals surface area (Å²) in [6.07, 6.45) is 1.59. The third-order valence-electron chi connectivity index (χ3n) is 5.48. The van der Waals surface area contributed by atoms with Crippen LogP contribution >= 0.6 is 20.0 Å². The Morgan fingerprint density at radius 2 is 1.95 bits per heavy atom. The summed E-state index contributed by atoms with van der Waals surface area (Å²) in [5, 5.41) is 0.585. The molecule has 4 rings (SSSR count). The molecule has 3 N–H and O–H groups in total. The number of aromatic nitrogens is 4. The predicted molar refractivity (Wildman–Crippen MR) is 146 cm³/mol. The molecule has 0 aliphatic carbocycles. The summed E-state index contributed by atoms with van der Waals surface area (Å²) in [6, 6.07) is 12.1. The van der Waals surface area contributed by atoms with Crippen molar-refractivity contribution in [3.63, 3.8) is 0 Å². The number of fused-ring (bicyclic) bond motifs is 1. The molecule has 12 nitrogen and oxygen atoms in total. The van der Waals surface area contributed by atoms with Gasteiger partial charge in [-0.25, -0.2) is 4.98 Å². The number of ketones is 1. The number of carbonyl (C=O) groups is 1. The SMILES string of the molecule is COc1ccc(C(=O)COP(COCCn2cnc3c(=O)[nH]c(N)nc32)OCc2cccc(Cl)c2)cc1OC. The molecule has 14 heteroatoms. The van der Waals surface area contributed by atoms with Crippen molar-refractivity contribution >= 4 is 42.9 Å². The Kier molecular flexibility index (Phi) is 9.85. The fourth-order valence-electron chi connectivity index (χ4n) is 3.55. The van der Waals surface area contributed by atoms with Crippen LogP contribution in [0.5, 0.6) is 11.5 Å². The summed E-state index contributed by atoms with van der Waals surface area (Å²) in [6.45, 7) is 0.594. The Balaban J connectivity index is 1.37. The summed E-state index contributed by atoms with van der Waals surface area (Å²) in [5.41, 5.74) is 7.04. The van der Waals surface area contributed by atoms with Gasteiger partial charge in [-0.3, -0.25) is 14.6 Å². The molecular weight excluding hydrogens is 549 g/mol. The third kappa shape index (κ3) is 7.53. The highest BCUT2D eigenvalue weighted by Gasteiger charge is 2.17. The van der Waals surface area contributed by atoms with Gasteiger partial charge in [0, 0.05) is 17.1 Å². The molecule has 0 saturated carbocycles. The number of nitrogens with two attached hydrogens (primary N) is 1. The summed E-state index contributed by atoms with van der Waals surface area (Å²) in [5.74, 6) is 0.703. The smallest absolute Gasteiger partial charge is 0.280 e. The van der Waals surface area contributed by atoms with Crippen molar-refractivity contribution in [2.45, 2.75) is 13.2 Å². The Morgan fingerprint density at radius 3 is 2.72 bits per heavy atom. The molecule has 206 valence electrons. The number of hydrogen-bond donors (Lipinski definition) is 2. The van der Waals surface area contributed by atoms with E-state index >= 15 is 0 Å². The maximum Gasteiger partial charge on any atom is 0.280 e. The first-order valence-electron chi connectivity index (χ1n) is 11.7. The number of Topliss-reactive ketones (excluding diaryl/α,β-unsaturated/α-hetero) is 1. The second-order valence-electron chi connectivity index (χ2n) is 8.10. The number of rotatable bonds is 14. The highest BCUT2D eigenvalue weighted by Crippen LogP contribution is 2.40. The van der Waals surface area contributed by atoms with Gasteiger partial charge in [0.15, 0.2) is 36.8 Å². The Bertz CT molecular complexity index is 1500. The minimum absolute atomic E-state index is 0.000603. The van der Waals surface area contributed by atoms with Crippen LogP contribution in [0.1, 0.15) is 15.9 Å². The van der Waals surface area contributed by atoms with Crippen LogP contribution in [-0.4, -0.2) is 59.1 Å². The molecule has 0 saturated heterocycles. The van der Waals surface area contributed by atoms with E-state index < -0.39 is 13.9 Å². The zero-order valence-corrected chi connectivity index (χ0v) is 22.9. The van der Waals surface area contributed by atoms with Gasteiger partial charge in [-0.15, -0.1) is 0 Å². The van der Waals surface area contributed by atoms with E-state index in [9.17, 15) is 9.59 Å². The molecule has 39 heavy (non-hydrogen) atoms. The van der Waals surface area contributed by atoms with Crippen LogP contribution in [0.15, 0.2) is 53.6 Å². The van der Waals surface area contributed by atoms with Crippen molar-refractivity contribution in [3.8, 4) is 11.5 Å². The fraction of sp³-hybridized carbons (Fsp3) is 0.280. The van der Waals surface area contributed by atoms with Crippen molar-refractivity contribution in [2.75, 3.05) is 39.5 Å². The number of imidazole rings is 1. The lowest BCUT2D eigenvalue weighted by Crippen LogP contribution is -2.13. The first kappa shape index (κ1) is 28.5. The van der Waals surface area contributed by atoms with E-state index in [2.05, 4.69) is 15.0 Å². The number of H-pyrrole nitrogens is 1. The number of halogens is 1. The molecule has 0 radical (unpaired) electrons. The van der Waals surface area contributed by atoms with E-state index in [1.165, 1.54) is 20.5 Å². The average Bonchev–Trinajstić information content (AvgIpc) is 3.34. The van der Waals surface area contributed by atoms with Gasteiger partial charge >= 0.3 is 0 Å². The first-order valence-corrected chi connectivity index (χ1v) is 13.4. The first-order chi connectivity index (χ1) is 18.9. The fourth-order valence-corrected chi connectivity index (χ4v) is 4.81. The van der Waals surface area contributed by atoms with Gasteiger partial charge in [-0.2, -0.15) is 4.98 Å². The van der Waals surface area contributed by atoms with Crippen molar-refractivity contribution in [2.24, 2.45) is 0 Å². The molecule has 0 aliphatic rings. The molecule has 1 unspecified atom stereocenters. The monoisotopic (exact) mass is 575 g/mol. The van der Waals surface area contributed by atoms with Crippen molar-refractivity contribution < 1.29 is 28.1 Å². The maximum atomic E-state index is 12.8. The van der Waals surface area contributed by atoms with Gasteiger partial charge in [-0.05, 0) is 35.9 Å². The molecule has 2 aromatic heterocycles. The number of carbonyl (C=O) groups excluding carboxylic acids is 1. The van der Waals surface area contributed by atoms with Crippen LogP contribution in [0.2, 0.25) is 5.02 Å². The van der Waals surface area contributed by atoms with Crippen molar-refractivity contribution in [1.29, 1.82) is 0 Å². The number of anilines is 1. The van der Waals surface area contributed by atoms with Gasteiger partial charge in [0.1, 0.15) is 13.0 Å². The van der Waals surface area contributed by atoms with Crippen LogP contribution in [-0.2, 0) is 26.9 Å². The highest BCUT2D eigenvalue weighted by atomic mass is 35.5. The molecule has 2 aromatic carbocycles. The number of nitrogen functional groups attached to an aromatic ring is 1. The molecular formula is C25H27ClN5O7P. The zero-order valence-electron chi connectivity index (χ0n) is 21.3. The minimum Gasteiger partial charge on any atom is -0.493 e. The molecule has 0 bridgehead atoms. The lowest BCUT2D eigenvalue weighted by molar-refractivity contribution is 0.0896. The molecule has 0 amide bonds. The second kappa shape index (κ2) is 13.5. The lowest BCUT2D eigenvalue weighted by Gasteiger charge is -2.18. The molecule has 0 aliphatic heterocycles. The van der Waals surface area contributed by atoms with Crippen LogP contribution in [0.4, 0.5) is 5.95 Å². The minimum atomic E-state index is -1.61. The summed E-state index contributed by atoms with van der Waals surface area (Å²) in [7, 11) is 1.41. The lowest BCUT2D eigenvalue weighted by atomic mass is 10.1. The number of ether oxygens (including phenoxy) is 3. The van der Waals surface area contributed by atoms with Gasteiger partial charge in [0.2, 0.25) is 5.95 Å². The second-order valence-corrected chi connectivity index (χ2v) is 9.98. The summed E-state index contributed by atoms with van der Waals surface area (Å²) < 4.78 is 29.8. The summed E-state index contributed by atoms with van der Waals surface area (Å²) >= 11 is 6.08. The normalized spacial score (nSPS) is 12.0. The van der Waals surface area contributed by atoms with Gasteiger partial charge in [-0.1, -0.05) is 23.7 Å². The average molecular weight is 576 g/mol. The zero-order chi connectivity index (χ0) is 27.8. The van der Waals surface area contributed by atoms with E-state index in [0.717, 1.165) is 5.56 Å². The number of nitrogens with zero attached hydrogens (tertiary/aromatic N) is 3. The largest absolute Gasteiger partial charge is 0.493 e. The molecule has 0 spiro atoms.